The standard InChI is InChI=1S/C16H12BrN3O/c1-8-5-13-14(6-9(8)2)20-15(21)11-7-10(17)3-4-12(11)18-16(20)19-13/h3-7H,1-2H3,(H,18,19). The summed E-state index contributed by atoms with van der Waals surface area (Å²) in [6.45, 7) is 4.10. The molecule has 2 aromatic heterocycles. The number of hydrogen-bond acceptors (Lipinski definition) is 2. The van der Waals surface area contributed by atoms with E-state index in [2.05, 4.69) is 38.9 Å². The SMILES string of the molecule is Cc1cc2[nH]c3nc4ccc(Br)cc4c(=O)n3c2cc1C. The number of hydrogen-bond donors (Lipinski definition) is 1. The Hall–Kier alpha value is -2.14. The van der Waals surface area contributed by atoms with E-state index < -0.39 is 0 Å². The molecule has 0 saturated heterocycles. The largest absolute Gasteiger partial charge is 0.323 e. The van der Waals surface area contributed by atoms with E-state index in [9.17, 15) is 4.79 Å². The van der Waals surface area contributed by atoms with Gasteiger partial charge in [0.1, 0.15) is 0 Å². The second-order valence-corrected chi connectivity index (χ2v) is 6.23. The summed E-state index contributed by atoms with van der Waals surface area (Å²) >= 11 is 3.41. The van der Waals surface area contributed by atoms with Gasteiger partial charge in [-0.15, -0.1) is 0 Å². The zero-order chi connectivity index (χ0) is 14.7. The van der Waals surface area contributed by atoms with Gasteiger partial charge in [-0.2, -0.15) is 0 Å². The molecule has 0 saturated carbocycles. The molecule has 0 bridgehead atoms. The van der Waals surface area contributed by atoms with Gasteiger partial charge in [-0.05, 0) is 55.3 Å². The first-order chi connectivity index (χ1) is 10.0. The quantitative estimate of drug-likeness (QED) is 0.530. The van der Waals surface area contributed by atoms with Gasteiger partial charge >= 0.3 is 0 Å². The maximum atomic E-state index is 12.8. The highest BCUT2D eigenvalue weighted by molar-refractivity contribution is 9.10. The van der Waals surface area contributed by atoms with Crippen LogP contribution in [0.3, 0.4) is 0 Å². The molecule has 2 heterocycles. The molecule has 0 unspecified atom stereocenters. The Labute approximate surface area is 128 Å². The number of nitrogens with zero attached hydrogens (tertiary/aromatic N) is 2. The highest BCUT2D eigenvalue weighted by Gasteiger charge is 2.12. The summed E-state index contributed by atoms with van der Waals surface area (Å²) in [7, 11) is 0. The summed E-state index contributed by atoms with van der Waals surface area (Å²) in [5.74, 6) is 0.579. The number of benzene rings is 2. The summed E-state index contributed by atoms with van der Waals surface area (Å²) in [6.07, 6.45) is 0. The summed E-state index contributed by atoms with van der Waals surface area (Å²) in [5, 5.41) is 0.612. The number of fused-ring (bicyclic) bond motifs is 4. The lowest BCUT2D eigenvalue weighted by Gasteiger charge is -2.01. The van der Waals surface area contributed by atoms with Crippen molar-refractivity contribution >= 4 is 43.6 Å². The summed E-state index contributed by atoms with van der Waals surface area (Å²) < 4.78 is 2.53. The zero-order valence-corrected chi connectivity index (χ0v) is 13.2. The van der Waals surface area contributed by atoms with E-state index in [1.165, 1.54) is 5.56 Å². The summed E-state index contributed by atoms with van der Waals surface area (Å²) in [5.41, 5.74) is 4.79. The molecule has 4 nitrogen and oxygen atoms in total. The second kappa shape index (κ2) is 4.18. The Bertz CT molecular complexity index is 1090. The third kappa shape index (κ3) is 1.74. The second-order valence-electron chi connectivity index (χ2n) is 5.32. The van der Waals surface area contributed by atoms with E-state index in [-0.39, 0.29) is 5.56 Å². The highest BCUT2D eigenvalue weighted by Crippen LogP contribution is 2.21. The van der Waals surface area contributed by atoms with Crippen molar-refractivity contribution in [2.45, 2.75) is 13.8 Å². The van der Waals surface area contributed by atoms with E-state index in [0.717, 1.165) is 21.1 Å². The molecule has 0 fully saturated rings. The molecule has 0 aliphatic carbocycles. The Kier molecular flexibility index (Phi) is 2.50. The van der Waals surface area contributed by atoms with Crippen molar-refractivity contribution < 1.29 is 0 Å². The van der Waals surface area contributed by atoms with Crippen molar-refractivity contribution in [3.63, 3.8) is 0 Å². The molecule has 0 radical (unpaired) electrons. The predicted molar refractivity (Wildman–Crippen MR) is 88.0 cm³/mol. The lowest BCUT2D eigenvalue weighted by molar-refractivity contribution is 1.12. The Morgan fingerprint density at radius 2 is 1.90 bits per heavy atom. The van der Waals surface area contributed by atoms with Gasteiger partial charge < -0.3 is 4.98 Å². The Morgan fingerprint density at radius 1 is 1.14 bits per heavy atom. The summed E-state index contributed by atoms with van der Waals surface area (Å²) in [4.78, 5) is 20.6. The van der Waals surface area contributed by atoms with Crippen molar-refractivity contribution in [3.05, 3.63) is 56.3 Å². The number of aromatic nitrogens is 3. The van der Waals surface area contributed by atoms with E-state index in [4.69, 9.17) is 0 Å². The molecule has 4 aromatic rings. The van der Waals surface area contributed by atoms with Crippen molar-refractivity contribution in [1.29, 1.82) is 0 Å². The number of imidazole rings is 1. The van der Waals surface area contributed by atoms with E-state index in [1.807, 2.05) is 31.2 Å². The van der Waals surface area contributed by atoms with Gasteiger partial charge in [-0.1, -0.05) is 15.9 Å². The van der Waals surface area contributed by atoms with Crippen LogP contribution in [0.1, 0.15) is 11.1 Å². The molecule has 0 aliphatic heterocycles. The van der Waals surface area contributed by atoms with Crippen LogP contribution in [0.5, 0.6) is 0 Å². The van der Waals surface area contributed by atoms with Gasteiger partial charge in [0.2, 0.25) is 5.78 Å². The van der Waals surface area contributed by atoms with Gasteiger partial charge in [0.25, 0.3) is 5.56 Å². The van der Waals surface area contributed by atoms with Crippen LogP contribution < -0.4 is 5.56 Å². The molecular formula is C16H12BrN3O. The van der Waals surface area contributed by atoms with Crippen LogP contribution in [-0.2, 0) is 0 Å². The maximum absolute atomic E-state index is 12.8. The smallest absolute Gasteiger partial charge is 0.267 e. The van der Waals surface area contributed by atoms with Crippen LogP contribution in [0.4, 0.5) is 0 Å². The molecule has 0 amide bonds. The van der Waals surface area contributed by atoms with Crippen LogP contribution in [0.25, 0.3) is 27.7 Å². The average Bonchev–Trinajstić information content (AvgIpc) is 2.78. The van der Waals surface area contributed by atoms with Crippen LogP contribution in [0.15, 0.2) is 39.6 Å². The first-order valence-corrected chi connectivity index (χ1v) is 7.45. The molecule has 1 N–H and O–H groups in total. The van der Waals surface area contributed by atoms with Crippen LogP contribution in [0.2, 0.25) is 0 Å². The molecular weight excluding hydrogens is 330 g/mol. The van der Waals surface area contributed by atoms with Crippen molar-refractivity contribution in [2.75, 3.05) is 0 Å². The predicted octanol–water partition coefficient (Wildman–Crippen LogP) is 3.71. The van der Waals surface area contributed by atoms with Crippen LogP contribution in [-0.4, -0.2) is 14.4 Å². The minimum atomic E-state index is -0.0502. The molecule has 0 spiro atoms. The van der Waals surface area contributed by atoms with Gasteiger partial charge in [0.05, 0.1) is 21.9 Å². The highest BCUT2D eigenvalue weighted by atomic mass is 79.9. The molecule has 5 heteroatoms. The van der Waals surface area contributed by atoms with Crippen molar-refractivity contribution in [2.24, 2.45) is 0 Å². The summed E-state index contributed by atoms with van der Waals surface area (Å²) in [6, 6.07) is 9.64. The fourth-order valence-electron chi connectivity index (χ4n) is 2.67. The molecule has 104 valence electrons. The minimum Gasteiger partial charge on any atom is -0.323 e. The van der Waals surface area contributed by atoms with Gasteiger partial charge in [-0.3, -0.25) is 4.79 Å². The van der Waals surface area contributed by atoms with E-state index >= 15 is 0 Å². The van der Waals surface area contributed by atoms with Crippen LogP contribution in [0, 0.1) is 13.8 Å². The van der Waals surface area contributed by atoms with E-state index in [0.29, 0.717) is 16.7 Å². The fraction of sp³-hybridized carbons (Fsp3) is 0.125. The molecule has 0 aliphatic rings. The third-order valence-corrected chi connectivity index (χ3v) is 4.42. The molecule has 2 aromatic carbocycles. The fourth-order valence-corrected chi connectivity index (χ4v) is 3.03. The number of nitrogens with one attached hydrogen (secondary N) is 1. The first kappa shape index (κ1) is 12.6. The normalized spacial score (nSPS) is 11.8. The molecule has 4 rings (SSSR count). The zero-order valence-electron chi connectivity index (χ0n) is 11.6. The number of aryl methyl sites for hydroxylation is 2. The number of rotatable bonds is 0. The van der Waals surface area contributed by atoms with Crippen molar-refractivity contribution in [1.82, 2.24) is 14.4 Å². The van der Waals surface area contributed by atoms with Crippen LogP contribution >= 0.6 is 15.9 Å². The van der Waals surface area contributed by atoms with Gasteiger partial charge in [0, 0.05) is 4.47 Å². The third-order valence-electron chi connectivity index (χ3n) is 3.93. The monoisotopic (exact) mass is 341 g/mol. The Balaban J connectivity index is 2.29. The topological polar surface area (TPSA) is 50.2 Å². The minimum absolute atomic E-state index is 0.0502. The van der Waals surface area contributed by atoms with E-state index in [1.54, 1.807) is 4.40 Å². The first-order valence-electron chi connectivity index (χ1n) is 6.65. The molecule has 0 atom stereocenters. The lowest BCUT2D eigenvalue weighted by Crippen LogP contribution is -2.14. The Morgan fingerprint density at radius 3 is 2.71 bits per heavy atom. The number of H-pyrrole nitrogens is 1. The number of aromatic amines is 1. The van der Waals surface area contributed by atoms with Crippen molar-refractivity contribution in [3.8, 4) is 0 Å². The average molecular weight is 342 g/mol. The lowest BCUT2D eigenvalue weighted by atomic mass is 10.1. The maximum Gasteiger partial charge on any atom is 0.267 e. The number of halogens is 1. The van der Waals surface area contributed by atoms with Gasteiger partial charge in [-0.25, -0.2) is 9.38 Å². The van der Waals surface area contributed by atoms with Gasteiger partial charge in [0.15, 0.2) is 0 Å². The molecule has 21 heavy (non-hydrogen) atoms.